The minimum atomic E-state index is 0.528. The highest BCUT2D eigenvalue weighted by molar-refractivity contribution is 4.48. The normalized spacial score (nSPS) is 11.6. The number of unbranched alkanes of at least 4 members (excludes halogenated alkanes) is 12. The Bertz CT molecular complexity index is 514. The largest absolute Gasteiger partial charge is 0.379 e. The third kappa shape index (κ3) is 47.6. The minimum Gasteiger partial charge on any atom is -0.379 e. The molecule has 0 heterocycles. The van der Waals surface area contributed by atoms with Gasteiger partial charge in [0.05, 0.1) is 132 Å². The summed E-state index contributed by atoms with van der Waals surface area (Å²) in [7, 11) is 0. The van der Waals surface area contributed by atoms with Crippen LogP contribution in [0.4, 0.5) is 0 Å². The summed E-state index contributed by atoms with van der Waals surface area (Å²) in [5, 5.41) is 0. The van der Waals surface area contributed by atoms with Crippen molar-refractivity contribution in [1.29, 1.82) is 0 Å². The van der Waals surface area contributed by atoms with Crippen LogP contribution in [0.3, 0.4) is 0 Å². The molecule has 0 saturated carbocycles. The molecule has 0 rings (SSSR count). The Kier molecular flexibility index (Phi) is 47.1. The van der Waals surface area contributed by atoms with Crippen LogP contribution in [0.15, 0.2) is 0 Å². The summed E-state index contributed by atoms with van der Waals surface area (Å²) in [6, 6.07) is 0. The fraction of sp³-hybridized carbons (Fsp3) is 1.00. The maximum Gasteiger partial charge on any atom is 0.0701 e. The summed E-state index contributed by atoms with van der Waals surface area (Å²) in [6.45, 7) is 17.4. The predicted molar refractivity (Wildman–Crippen MR) is 195 cm³/mol. The Balaban J connectivity index is 3.04. The molecule has 11 heteroatoms. The summed E-state index contributed by atoms with van der Waals surface area (Å²) >= 11 is 0. The second-order valence-electron chi connectivity index (χ2n) is 12.0. The first-order chi connectivity index (χ1) is 24.4. The van der Waals surface area contributed by atoms with Crippen molar-refractivity contribution in [2.24, 2.45) is 0 Å². The molecule has 0 aliphatic rings. The molecule has 0 fully saturated rings. The summed E-state index contributed by atoms with van der Waals surface area (Å²) in [5.74, 6) is 0. The smallest absolute Gasteiger partial charge is 0.0701 e. The molecule has 0 N–H and O–H groups in total. The molecule has 296 valence electrons. The highest BCUT2D eigenvalue weighted by Gasteiger charge is 1.97. The van der Waals surface area contributed by atoms with Gasteiger partial charge in [-0.1, -0.05) is 90.9 Å². The van der Waals surface area contributed by atoms with E-state index < -0.39 is 0 Å². The van der Waals surface area contributed by atoms with Crippen LogP contribution >= 0.6 is 0 Å². The Morgan fingerprint density at radius 1 is 0.163 bits per heavy atom. The molecule has 0 aliphatic carbocycles. The quantitative estimate of drug-likeness (QED) is 0.0634. The Morgan fingerprint density at radius 3 is 0.510 bits per heavy atom. The lowest BCUT2D eigenvalue weighted by Crippen LogP contribution is -2.15. The van der Waals surface area contributed by atoms with Gasteiger partial charge in [-0.15, -0.1) is 0 Å². The maximum absolute atomic E-state index is 5.65. The van der Waals surface area contributed by atoms with Crippen molar-refractivity contribution in [3.63, 3.8) is 0 Å². The molecule has 0 unspecified atom stereocenters. The van der Waals surface area contributed by atoms with Crippen molar-refractivity contribution < 1.29 is 52.1 Å². The van der Waals surface area contributed by atoms with Gasteiger partial charge in [0.2, 0.25) is 0 Å². The molecular formula is C38H78O11. The molecule has 11 nitrogen and oxygen atoms in total. The lowest BCUT2D eigenvalue weighted by Gasteiger charge is -2.09. The Labute approximate surface area is 300 Å². The Hall–Kier alpha value is -0.440. The van der Waals surface area contributed by atoms with E-state index in [4.69, 9.17) is 52.1 Å². The van der Waals surface area contributed by atoms with E-state index in [2.05, 4.69) is 13.8 Å². The van der Waals surface area contributed by atoms with Crippen molar-refractivity contribution in [2.45, 2.75) is 104 Å². The number of rotatable bonds is 46. The van der Waals surface area contributed by atoms with Crippen LogP contribution in [-0.4, -0.2) is 145 Å². The summed E-state index contributed by atoms with van der Waals surface area (Å²) < 4.78 is 60.8. The minimum absolute atomic E-state index is 0.528. The van der Waals surface area contributed by atoms with Crippen molar-refractivity contribution in [2.75, 3.05) is 145 Å². The van der Waals surface area contributed by atoms with Gasteiger partial charge in [-0.25, -0.2) is 0 Å². The monoisotopic (exact) mass is 711 g/mol. The highest BCUT2D eigenvalue weighted by atomic mass is 16.6. The van der Waals surface area contributed by atoms with Gasteiger partial charge in [0.15, 0.2) is 0 Å². The summed E-state index contributed by atoms with van der Waals surface area (Å²) in [6.07, 6.45) is 18.3. The molecule has 0 aromatic carbocycles. The molecule has 0 amide bonds. The van der Waals surface area contributed by atoms with E-state index in [1.807, 2.05) is 0 Å². The van der Waals surface area contributed by atoms with E-state index >= 15 is 0 Å². The molecule has 0 saturated heterocycles. The molecule has 0 aliphatic heterocycles. The van der Waals surface area contributed by atoms with Gasteiger partial charge in [0.1, 0.15) is 0 Å². The van der Waals surface area contributed by atoms with Crippen LogP contribution in [0, 0.1) is 0 Å². The summed E-state index contributed by atoms with van der Waals surface area (Å²) in [4.78, 5) is 0. The zero-order valence-corrected chi connectivity index (χ0v) is 31.9. The lowest BCUT2D eigenvalue weighted by atomic mass is 10.1. The second-order valence-corrected chi connectivity index (χ2v) is 12.0. The van der Waals surface area contributed by atoms with Crippen LogP contribution in [0.2, 0.25) is 0 Å². The van der Waals surface area contributed by atoms with Crippen molar-refractivity contribution in [3.8, 4) is 0 Å². The van der Waals surface area contributed by atoms with Crippen LogP contribution in [0.5, 0.6) is 0 Å². The number of ether oxygens (including phenoxy) is 11. The van der Waals surface area contributed by atoms with E-state index in [-0.39, 0.29) is 0 Å². The fourth-order valence-electron chi connectivity index (χ4n) is 4.62. The average molecular weight is 711 g/mol. The predicted octanol–water partition coefficient (Wildman–Crippen LogP) is 6.67. The van der Waals surface area contributed by atoms with Gasteiger partial charge in [0, 0.05) is 13.2 Å². The maximum atomic E-state index is 5.65. The van der Waals surface area contributed by atoms with E-state index in [1.54, 1.807) is 0 Å². The molecule has 0 aromatic heterocycles. The lowest BCUT2D eigenvalue weighted by molar-refractivity contribution is -0.0275. The first-order valence-corrected chi connectivity index (χ1v) is 19.8. The number of hydrogen-bond acceptors (Lipinski definition) is 11. The molecule has 49 heavy (non-hydrogen) atoms. The van der Waals surface area contributed by atoms with Crippen molar-refractivity contribution >= 4 is 0 Å². The topological polar surface area (TPSA) is 102 Å². The van der Waals surface area contributed by atoms with Crippen molar-refractivity contribution in [3.05, 3.63) is 0 Å². The molecule has 0 spiro atoms. The van der Waals surface area contributed by atoms with Gasteiger partial charge in [-0.05, 0) is 12.8 Å². The fourth-order valence-corrected chi connectivity index (χ4v) is 4.62. The highest BCUT2D eigenvalue weighted by Crippen LogP contribution is 2.10. The van der Waals surface area contributed by atoms with Gasteiger partial charge < -0.3 is 52.1 Å². The molecule has 0 radical (unpaired) electrons. The first kappa shape index (κ1) is 48.6. The number of hydrogen-bond donors (Lipinski definition) is 0. The van der Waals surface area contributed by atoms with E-state index in [0.29, 0.717) is 132 Å². The third-order valence-corrected chi connectivity index (χ3v) is 7.50. The third-order valence-electron chi connectivity index (χ3n) is 7.50. The van der Waals surface area contributed by atoms with E-state index in [9.17, 15) is 0 Å². The van der Waals surface area contributed by atoms with Crippen molar-refractivity contribution in [1.82, 2.24) is 0 Å². The standard InChI is InChI=1S/C38H78O11/c1-3-5-7-9-10-11-12-13-14-16-18-40-20-22-42-24-26-44-28-30-46-32-34-48-36-38-49-37-35-47-33-31-45-29-27-43-25-23-41-21-19-39-17-15-8-6-4-2/h3-38H2,1-2H3. The van der Waals surface area contributed by atoms with Crippen LogP contribution in [-0.2, 0) is 52.1 Å². The van der Waals surface area contributed by atoms with Gasteiger partial charge >= 0.3 is 0 Å². The molecule has 0 bridgehead atoms. The van der Waals surface area contributed by atoms with Gasteiger partial charge in [0.25, 0.3) is 0 Å². The molecule has 0 aromatic rings. The molecular weight excluding hydrogens is 632 g/mol. The van der Waals surface area contributed by atoms with Crippen LogP contribution in [0.1, 0.15) is 104 Å². The SMILES string of the molecule is CCCCCCCCCCCCOCCOCCOCCOCCOCCOCCOCCOCCOCCOCCOCCCCCC. The zero-order chi connectivity index (χ0) is 35.2. The summed E-state index contributed by atoms with van der Waals surface area (Å²) in [5.41, 5.74) is 0. The van der Waals surface area contributed by atoms with Crippen LogP contribution in [0.25, 0.3) is 0 Å². The zero-order valence-electron chi connectivity index (χ0n) is 31.9. The van der Waals surface area contributed by atoms with E-state index in [1.165, 1.54) is 77.0 Å². The molecule has 0 atom stereocenters. The Morgan fingerprint density at radius 2 is 0.306 bits per heavy atom. The van der Waals surface area contributed by atoms with Gasteiger partial charge in [-0.2, -0.15) is 0 Å². The van der Waals surface area contributed by atoms with E-state index in [0.717, 1.165) is 26.1 Å². The first-order valence-electron chi connectivity index (χ1n) is 19.8. The second kappa shape index (κ2) is 47.6. The van der Waals surface area contributed by atoms with Gasteiger partial charge in [-0.3, -0.25) is 0 Å². The average Bonchev–Trinajstić information content (AvgIpc) is 3.11. The van der Waals surface area contributed by atoms with Crippen LogP contribution < -0.4 is 0 Å².